The van der Waals surface area contributed by atoms with Crippen LogP contribution >= 0.6 is 0 Å². The van der Waals surface area contributed by atoms with Gasteiger partial charge in [-0.1, -0.05) is 11.1 Å². The lowest BCUT2D eigenvalue weighted by Gasteiger charge is -2.01. The first-order chi connectivity index (χ1) is 9.42. The Morgan fingerprint density at radius 1 is 1.40 bits per heavy atom. The van der Waals surface area contributed by atoms with Gasteiger partial charge in [-0.05, 0) is 20.9 Å². The van der Waals surface area contributed by atoms with Gasteiger partial charge in [-0.2, -0.15) is 4.68 Å². The minimum Gasteiger partial charge on any atom is -0.245 e. The summed E-state index contributed by atoms with van der Waals surface area (Å²) in [6.45, 7) is 3.22. The van der Waals surface area contributed by atoms with Crippen molar-refractivity contribution in [3.05, 3.63) is 16.3 Å². The third-order valence-corrected chi connectivity index (χ3v) is 3.90. The molecule has 0 radical (unpaired) electrons. The Hall–Kier alpha value is -2.25. The van der Waals surface area contributed by atoms with E-state index in [2.05, 4.69) is 31.9 Å². The van der Waals surface area contributed by atoms with Crippen LogP contribution in [0.3, 0.4) is 0 Å². The number of sulfonamides is 1. The van der Waals surface area contributed by atoms with Gasteiger partial charge in [0, 0.05) is 0 Å². The molecule has 0 bridgehead atoms. The van der Waals surface area contributed by atoms with Gasteiger partial charge in [0.05, 0.1) is 0 Å². The number of hydrogen-bond acceptors (Lipinski definition) is 6. The Bertz CT molecular complexity index is 883. The second-order valence-electron chi connectivity index (χ2n) is 3.79. The van der Waals surface area contributed by atoms with E-state index in [0.29, 0.717) is 0 Å². The van der Waals surface area contributed by atoms with Gasteiger partial charge in [0.2, 0.25) is 10.7 Å². The average molecular weight is 296 g/mol. The quantitative estimate of drug-likeness (QED) is 0.692. The number of hydrogen-bond donors (Lipinski definition) is 1. The standard InChI is InChI=1S/C10H12N6O3S/c1-4-5-6-15-10(17)16-7(2)12-9(8(16)13-14-15)20(18,19)11-3/h11H,6H2,1-3H3. The zero-order valence-electron chi connectivity index (χ0n) is 11.1. The molecule has 0 amide bonds. The van der Waals surface area contributed by atoms with Crippen molar-refractivity contribution in [3.8, 4) is 11.8 Å². The smallest absolute Gasteiger partial charge is 0.245 e. The first-order valence-corrected chi connectivity index (χ1v) is 7.06. The van der Waals surface area contributed by atoms with E-state index < -0.39 is 15.7 Å². The van der Waals surface area contributed by atoms with Crippen molar-refractivity contribution < 1.29 is 8.42 Å². The van der Waals surface area contributed by atoms with Crippen LogP contribution in [-0.4, -0.2) is 39.8 Å². The molecule has 0 aliphatic carbocycles. The Kier molecular flexibility index (Phi) is 3.56. The number of rotatable bonds is 3. The summed E-state index contributed by atoms with van der Waals surface area (Å²) in [6, 6.07) is 0. The maximum absolute atomic E-state index is 12.2. The number of nitrogens with one attached hydrogen (secondary N) is 1. The van der Waals surface area contributed by atoms with Crippen LogP contribution in [0.2, 0.25) is 0 Å². The van der Waals surface area contributed by atoms with Crippen molar-refractivity contribution >= 4 is 15.7 Å². The van der Waals surface area contributed by atoms with E-state index in [0.717, 1.165) is 9.08 Å². The molecule has 2 heterocycles. The Balaban J connectivity index is 2.79. The molecular formula is C10H12N6O3S. The summed E-state index contributed by atoms with van der Waals surface area (Å²) in [4.78, 5) is 16.1. The molecule has 0 aromatic carbocycles. The van der Waals surface area contributed by atoms with Crippen LogP contribution in [0.5, 0.6) is 0 Å². The predicted octanol–water partition coefficient (Wildman–Crippen LogP) is -1.47. The highest BCUT2D eigenvalue weighted by molar-refractivity contribution is 7.89. The number of fused-ring (bicyclic) bond motifs is 1. The molecule has 10 heteroatoms. The van der Waals surface area contributed by atoms with Gasteiger partial charge in [0.25, 0.3) is 10.0 Å². The molecule has 2 aromatic heterocycles. The Labute approximate surface area is 114 Å². The summed E-state index contributed by atoms with van der Waals surface area (Å²) in [6.07, 6.45) is 0. The molecule has 0 saturated carbocycles. The summed E-state index contributed by atoms with van der Waals surface area (Å²) in [5, 5.41) is 7.10. The topological polar surface area (TPSA) is 111 Å². The van der Waals surface area contributed by atoms with Crippen molar-refractivity contribution in [3.63, 3.8) is 0 Å². The highest BCUT2D eigenvalue weighted by Gasteiger charge is 2.24. The molecule has 106 valence electrons. The molecule has 20 heavy (non-hydrogen) atoms. The SMILES string of the molecule is CC#CCn1nnc2c(S(=O)(=O)NC)nc(C)n2c1=O. The number of nitrogens with zero attached hydrogens (tertiary/aromatic N) is 5. The molecule has 1 N–H and O–H groups in total. The Morgan fingerprint density at radius 3 is 2.70 bits per heavy atom. The lowest BCUT2D eigenvalue weighted by molar-refractivity contribution is 0.569. The van der Waals surface area contributed by atoms with Crippen LogP contribution < -0.4 is 10.4 Å². The third-order valence-electron chi connectivity index (χ3n) is 2.58. The highest BCUT2D eigenvalue weighted by Crippen LogP contribution is 2.12. The molecular weight excluding hydrogens is 284 g/mol. The van der Waals surface area contributed by atoms with E-state index in [9.17, 15) is 13.2 Å². The average Bonchev–Trinajstić information content (AvgIpc) is 2.77. The normalized spacial score (nSPS) is 11.3. The summed E-state index contributed by atoms with van der Waals surface area (Å²) < 4.78 is 27.9. The monoisotopic (exact) mass is 296 g/mol. The van der Waals surface area contributed by atoms with E-state index >= 15 is 0 Å². The van der Waals surface area contributed by atoms with Crippen LogP contribution in [0.15, 0.2) is 9.82 Å². The highest BCUT2D eigenvalue weighted by atomic mass is 32.2. The van der Waals surface area contributed by atoms with E-state index in [4.69, 9.17) is 0 Å². The second kappa shape index (κ2) is 5.03. The number of aromatic nitrogens is 5. The van der Waals surface area contributed by atoms with Gasteiger partial charge >= 0.3 is 5.69 Å². The molecule has 0 spiro atoms. The minimum atomic E-state index is -3.81. The van der Waals surface area contributed by atoms with Gasteiger partial charge in [0.1, 0.15) is 12.4 Å². The van der Waals surface area contributed by atoms with Crippen LogP contribution in [0.1, 0.15) is 12.7 Å². The van der Waals surface area contributed by atoms with Gasteiger partial charge < -0.3 is 0 Å². The van der Waals surface area contributed by atoms with Crippen molar-refractivity contribution in [1.29, 1.82) is 0 Å². The lowest BCUT2D eigenvalue weighted by atomic mass is 10.6. The maximum atomic E-state index is 12.2. The molecule has 0 unspecified atom stereocenters. The second-order valence-corrected chi connectivity index (χ2v) is 5.59. The molecule has 0 fully saturated rings. The summed E-state index contributed by atoms with van der Waals surface area (Å²) in [5.41, 5.74) is -0.650. The summed E-state index contributed by atoms with van der Waals surface area (Å²) >= 11 is 0. The third kappa shape index (κ3) is 2.17. The Morgan fingerprint density at radius 2 is 2.10 bits per heavy atom. The van der Waals surface area contributed by atoms with Crippen LogP contribution in [0.25, 0.3) is 5.65 Å². The maximum Gasteiger partial charge on any atom is 0.354 e. The molecule has 0 atom stereocenters. The van der Waals surface area contributed by atoms with Crippen molar-refractivity contribution in [2.24, 2.45) is 0 Å². The van der Waals surface area contributed by atoms with Gasteiger partial charge in [-0.3, -0.25) is 0 Å². The van der Waals surface area contributed by atoms with Crippen molar-refractivity contribution in [2.45, 2.75) is 25.4 Å². The fraction of sp³-hybridized carbons (Fsp3) is 0.400. The van der Waals surface area contributed by atoms with E-state index in [1.165, 1.54) is 14.0 Å². The first-order valence-electron chi connectivity index (χ1n) is 5.58. The minimum absolute atomic E-state index is 0.0734. The van der Waals surface area contributed by atoms with Crippen molar-refractivity contribution in [1.82, 2.24) is 29.1 Å². The van der Waals surface area contributed by atoms with E-state index in [1.54, 1.807) is 6.92 Å². The van der Waals surface area contributed by atoms with Gasteiger partial charge in [-0.25, -0.2) is 27.3 Å². The fourth-order valence-corrected chi connectivity index (χ4v) is 2.41. The molecule has 9 nitrogen and oxygen atoms in total. The number of imidazole rings is 1. The lowest BCUT2D eigenvalue weighted by Crippen LogP contribution is -2.30. The van der Waals surface area contributed by atoms with Crippen LogP contribution in [-0.2, 0) is 16.6 Å². The molecule has 0 saturated heterocycles. The first kappa shape index (κ1) is 14.2. The van der Waals surface area contributed by atoms with E-state index in [-0.39, 0.29) is 23.0 Å². The largest absolute Gasteiger partial charge is 0.354 e. The fourth-order valence-electron chi connectivity index (χ4n) is 1.59. The van der Waals surface area contributed by atoms with Gasteiger partial charge in [0.15, 0.2) is 0 Å². The van der Waals surface area contributed by atoms with Crippen LogP contribution in [0.4, 0.5) is 0 Å². The zero-order chi connectivity index (χ0) is 14.9. The van der Waals surface area contributed by atoms with Crippen molar-refractivity contribution in [2.75, 3.05) is 7.05 Å². The molecule has 0 aliphatic rings. The number of aryl methyl sites for hydroxylation is 1. The molecule has 0 aliphatic heterocycles. The molecule has 2 aromatic rings. The summed E-state index contributed by atoms with van der Waals surface area (Å²) in [7, 11) is -2.56. The van der Waals surface area contributed by atoms with Crippen LogP contribution in [0, 0.1) is 18.8 Å². The zero-order valence-corrected chi connectivity index (χ0v) is 11.9. The molecule has 2 rings (SSSR count). The van der Waals surface area contributed by atoms with Gasteiger partial charge in [-0.15, -0.1) is 11.0 Å². The van der Waals surface area contributed by atoms with E-state index in [1.807, 2.05) is 0 Å². The summed E-state index contributed by atoms with van der Waals surface area (Å²) in [5.74, 6) is 5.54. The predicted molar refractivity (Wildman–Crippen MR) is 69.5 cm³/mol.